The highest BCUT2D eigenvalue weighted by atomic mass is 16.6. The number of rotatable bonds is 4. The summed E-state index contributed by atoms with van der Waals surface area (Å²) in [5, 5.41) is 9.33. The maximum Gasteiger partial charge on any atom is 0.411 e. The number of likely N-dealkylation sites (tertiary alicyclic amines) is 1. The average molecular weight is 269 g/mol. The molecule has 108 valence electrons. The highest BCUT2D eigenvalue weighted by Crippen LogP contribution is 2.30. The number of ether oxygens (including phenoxy) is 1. The van der Waals surface area contributed by atoms with Crippen LogP contribution in [0.2, 0.25) is 0 Å². The Morgan fingerprint density at radius 2 is 2.11 bits per heavy atom. The molecule has 0 bridgehead atoms. The standard InChI is InChI=1S/C14H23NO4/c1-5-6-7-10-8-9-15(11(10)12(16)17)13(18)19-14(2,3)4/h5,10-11H,1,6-9H2,2-4H3,(H,16,17)/t10-,11-/m0/s1. The van der Waals surface area contributed by atoms with E-state index < -0.39 is 23.7 Å². The van der Waals surface area contributed by atoms with E-state index in [-0.39, 0.29) is 5.92 Å². The first-order chi connectivity index (χ1) is 8.76. The molecule has 1 amide bonds. The van der Waals surface area contributed by atoms with Gasteiger partial charge in [-0.25, -0.2) is 9.59 Å². The quantitative estimate of drug-likeness (QED) is 0.797. The number of hydrogen-bond acceptors (Lipinski definition) is 3. The molecule has 0 aromatic heterocycles. The minimum absolute atomic E-state index is 0.0250. The van der Waals surface area contributed by atoms with Gasteiger partial charge < -0.3 is 9.84 Å². The van der Waals surface area contributed by atoms with Crippen molar-refractivity contribution < 1.29 is 19.4 Å². The van der Waals surface area contributed by atoms with Crippen LogP contribution in [0.15, 0.2) is 12.7 Å². The van der Waals surface area contributed by atoms with Gasteiger partial charge in [0.05, 0.1) is 0 Å². The second kappa shape index (κ2) is 6.08. The van der Waals surface area contributed by atoms with E-state index in [0.29, 0.717) is 13.0 Å². The number of carboxylic acid groups (broad SMARTS) is 1. The SMILES string of the molecule is C=CCC[C@H]1CCN(C(=O)OC(C)(C)C)[C@@H]1C(=O)O. The molecule has 5 nitrogen and oxygen atoms in total. The zero-order chi connectivity index (χ0) is 14.6. The van der Waals surface area contributed by atoms with E-state index in [0.717, 1.165) is 12.8 Å². The Morgan fingerprint density at radius 3 is 2.58 bits per heavy atom. The van der Waals surface area contributed by atoms with Crippen LogP contribution in [-0.2, 0) is 9.53 Å². The first-order valence-electron chi connectivity index (χ1n) is 6.59. The number of hydrogen-bond donors (Lipinski definition) is 1. The predicted octanol–water partition coefficient (Wildman–Crippen LogP) is 2.66. The Morgan fingerprint density at radius 1 is 1.47 bits per heavy atom. The van der Waals surface area contributed by atoms with Gasteiger partial charge in [-0.05, 0) is 46.0 Å². The van der Waals surface area contributed by atoms with Crippen molar-refractivity contribution in [3.63, 3.8) is 0 Å². The van der Waals surface area contributed by atoms with E-state index in [4.69, 9.17) is 4.74 Å². The lowest BCUT2D eigenvalue weighted by atomic mass is 9.95. The van der Waals surface area contributed by atoms with Gasteiger partial charge in [0.2, 0.25) is 0 Å². The molecule has 2 atom stereocenters. The van der Waals surface area contributed by atoms with Crippen molar-refractivity contribution in [1.29, 1.82) is 0 Å². The molecule has 5 heteroatoms. The molecule has 1 aliphatic rings. The van der Waals surface area contributed by atoms with Gasteiger partial charge in [-0.1, -0.05) is 6.08 Å². The first kappa shape index (κ1) is 15.5. The smallest absolute Gasteiger partial charge is 0.411 e. The molecular formula is C14H23NO4. The summed E-state index contributed by atoms with van der Waals surface area (Å²) in [5.74, 6) is -0.986. The summed E-state index contributed by atoms with van der Waals surface area (Å²) >= 11 is 0. The van der Waals surface area contributed by atoms with Gasteiger partial charge >= 0.3 is 12.1 Å². The van der Waals surface area contributed by atoms with Gasteiger partial charge in [-0.2, -0.15) is 0 Å². The fourth-order valence-corrected chi connectivity index (χ4v) is 2.35. The Bertz CT molecular complexity index is 359. The molecule has 1 aliphatic heterocycles. The van der Waals surface area contributed by atoms with Crippen molar-refractivity contribution >= 4 is 12.1 Å². The second-order valence-corrected chi connectivity index (χ2v) is 5.87. The van der Waals surface area contributed by atoms with Crippen molar-refractivity contribution in [3.8, 4) is 0 Å². The van der Waals surface area contributed by atoms with Crippen LogP contribution in [0.5, 0.6) is 0 Å². The van der Waals surface area contributed by atoms with Crippen molar-refractivity contribution in [2.75, 3.05) is 6.54 Å². The van der Waals surface area contributed by atoms with E-state index in [1.54, 1.807) is 26.8 Å². The van der Waals surface area contributed by atoms with Gasteiger partial charge in [0.15, 0.2) is 0 Å². The van der Waals surface area contributed by atoms with E-state index in [9.17, 15) is 14.7 Å². The number of amides is 1. The Labute approximate surface area is 114 Å². The molecule has 0 radical (unpaired) electrons. The number of allylic oxidation sites excluding steroid dienone is 1. The number of carbonyl (C=O) groups is 2. The minimum Gasteiger partial charge on any atom is -0.480 e. The normalized spacial score (nSPS) is 23.2. The molecule has 1 rings (SSSR count). The van der Waals surface area contributed by atoms with Gasteiger partial charge in [0.25, 0.3) is 0 Å². The van der Waals surface area contributed by atoms with Gasteiger partial charge in [-0.3, -0.25) is 4.90 Å². The Hall–Kier alpha value is -1.52. The molecule has 0 aromatic carbocycles. The van der Waals surface area contributed by atoms with Crippen LogP contribution in [0.4, 0.5) is 4.79 Å². The van der Waals surface area contributed by atoms with E-state index >= 15 is 0 Å². The van der Waals surface area contributed by atoms with Crippen LogP contribution in [0.25, 0.3) is 0 Å². The number of nitrogens with zero attached hydrogens (tertiary/aromatic N) is 1. The molecule has 0 aromatic rings. The summed E-state index contributed by atoms with van der Waals surface area (Å²) in [6.07, 6.45) is 3.43. The largest absolute Gasteiger partial charge is 0.480 e. The molecule has 1 saturated heterocycles. The van der Waals surface area contributed by atoms with E-state index in [2.05, 4.69) is 6.58 Å². The summed E-state index contributed by atoms with van der Waals surface area (Å²) < 4.78 is 5.26. The zero-order valence-corrected chi connectivity index (χ0v) is 11.9. The van der Waals surface area contributed by atoms with Crippen LogP contribution < -0.4 is 0 Å². The van der Waals surface area contributed by atoms with Crippen molar-refractivity contribution in [1.82, 2.24) is 4.90 Å². The fourth-order valence-electron chi connectivity index (χ4n) is 2.35. The third-order valence-electron chi connectivity index (χ3n) is 3.15. The van der Waals surface area contributed by atoms with Crippen molar-refractivity contribution in [2.24, 2.45) is 5.92 Å². The van der Waals surface area contributed by atoms with E-state index in [1.807, 2.05) is 0 Å². The molecule has 1 fully saturated rings. The number of carboxylic acids is 1. The molecule has 0 saturated carbocycles. The van der Waals surface area contributed by atoms with Gasteiger partial charge in [0, 0.05) is 6.54 Å². The first-order valence-corrected chi connectivity index (χ1v) is 6.59. The topological polar surface area (TPSA) is 66.8 Å². The minimum atomic E-state index is -0.961. The fraction of sp³-hybridized carbons (Fsp3) is 0.714. The molecule has 1 N–H and O–H groups in total. The molecule has 0 spiro atoms. The Kier molecular flexibility index (Phi) is 4.97. The molecular weight excluding hydrogens is 246 g/mol. The van der Waals surface area contributed by atoms with Crippen LogP contribution in [0, 0.1) is 5.92 Å². The third-order valence-corrected chi connectivity index (χ3v) is 3.15. The highest BCUT2D eigenvalue weighted by Gasteiger charge is 2.42. The van der Waals surface area contributed by atoms with Crippen LogP contribution in [0.1, 0.15) is 40.0 Å². The van der Waals surface area contributed by atoms with Crippen LogP contribution in [-0.4, -0.2) is 40.3 Å². The maximum absolute atomic E-state index is 12.0. The summed E-state index contributed by atoms with van der Waals surface area (Å²) in [6, 6.07) is -0.783. The molecule has 0 aliphatic carbocycles. The average Bonchev–Trinajstić information content (AvgIpc) is 2.67. The predicted molar refractivity (Wildman–Crippen MR) is 71.9 cm³/mol. The van der Waals surface area contributed by atoms with Crippen LogP contribution in [0.3, 0.4) is 0 Å². The summed E-state index contributed by atoms with van der Waals surface area (Å²) in [7, 11) is 0. The molecule has 0 unspecified atom stereocenters. The second-order valence-electron chi connectivity index (χ2n) is 5.87. The monoisotopic (exact) mass is 269 g/mol. The van der Waals surface area contributed by atoms with E-state index in [1.165, 1.54) is 4.90 Å². The van der Waals surface area contributed by atoms with Crippen molar-refractivity contribution in [3.05, 3.63) is 12.7 Å². The summed E-state index contributed by atoms with van der Waals surface area (Å²) in [5.41, 5.74) is -0.612. The zero-order valence-electron chi connectivity index (χ0n) is 11.9. The molecule has 1 heterocycles. The summed E-state index contributed by atoms with van der Waals surface area (Å²) in [4.78, 5) is 24.7. The summed E-state index contributed by atoms with van der Waals surface area (Å²) in [6.45, 7) is 9.39. The lowest BCUT2D eigenvalue weighted by Crippen LogP contribution is -2.45. The third kappa shape index (κ3) is 4.26. The van der Waals surface area contributed by atoms with Gasteiger partial charge in [-0.15, -0.1) is 6.58 Å². The lowest BCUT2D eigenvalue weighted by Gasteiger charge is -2.28. The number of carbonyl (C=O) groups excluding carboxylic acids is 1. The molecule has 19 heavy (non-hydrogen) atoms. The highest BCUT2D eigenvalue weighted by molar-refractivity contribution is 5.81. The number of aliphatic carboxylic acids is 1. The van der Waals surface area contributed by atoms with Gasteiger partial charge in [0.1, 0.15) is 11.6 Å². The maximum atomic E-state index is 12.0. The van der Waals surface area contributed by atoms with Crippen LogP contribution >= 0.6 is 0 Å². The lowest BCUT2D eigenvalue weighted by molar-refractivity contribution is -0.143. The Balaban J connectivity index is 2.75. The van der Waals surface area contributed by atoms with Crippen molar-refractivity contribution in [2.45, 2.75) is 51.7 Å².